The summed E-state index contributed by atoms with van der Waals surface area (Å²) in [5.41, 5.74) is 0. The normalized spacial score (nSPS) is 15.0. The van der Waals surface area contributed by atoms with Gasteiger partial charge < -0.3 is 13.3 Å². The van der Waals surface area contributed by atoms with Crippen LogP contribution >= 0.6 is 17.0 Å². The predicted molar refractivity (Wildman–Crippen MR) is 54.5 cm³/mol. The molecule has 0 aliphatic heterocycles. The molecule has 0 unspecified atom stereocenters. The van der Waals surface area contributed by atoms with Crippen molar-refractivity contribution in [2.45, 2.75) is 39.0 Å². The van der Waals surface area contributed by atoms with Crippen molar-refractivity contribution in [3.63, 3.8) is 0 Å². The molecule has 1 rings (SSSR count). The van der Waals surface area contributed by atoms with E-state index in [4.69, 9.17) is 0 Å². The van der Waals surface area contributed by atoms with Gasteiger partial charge in [-0.15, -0.1) is 17.0 Å². The largest absolute Gasteiger partial charge is 2.00 e. The summed E-state index contributed by atoms with van der Waals surface area (Å²) >= 11 is 0. The first kappa shape index (κ1) is 17.4. The Hall–Kier alpha value is 1.25. The number of hydrogen-bond acceptors (Lipinski definition) is 0. The molecule has 0 aromatic heterocycles. The first-order valence-electron chi connectivity index (χ1n) is 3.52. The number of halogens is 1. The fourth-order valence-electron chi connectivity index (χ4n) is 0.898. The Balaban J connectivity index is -0.000000114. The van der Waals surface area contributed by atoms with Crippen molar-refractivity contribution < 1.29 is 0 Å². The Morgan fingerprint density at radius 2 is 1.40 bits per heavy atom. The minimum atomic E-state index is 0. The Morgan fingerprint density at radius 3 is 1.50 bits per heavy atom. The van der Waals surface area contributed by atoms with Gasteiger partial charge in [-0.05, 0) is 0 Å². The van der Waals surface area contributed by atoms with E-state index in [0.717, 1.165) is 0 Å². The molecule has 0 nitrogen and oxygen atoms in total. The van der Waals surface area contributed by atoms with Gasteiger partial charge in [0.2, 0.25) is 0 Å². The van der Waals surface area contributed by atoms with Crippen LogP contribution in [-0.4, -0.2) is 23.1 Å². The third-order valence-corrected chi connectivity index (χ3v) is 1.32. The standard InChI is InChI=1S/C6H11.C2H5.BrH.Mg/c1-2-4-6-5-3-1;1-2;;/h1H,2-6H2;1H2,2H3;1H;/q2*-1;;+2. The molecule has 0 spiro atoms. The zero-order valence-electron chi connectivity index (χ0n) is 6.94. The first-order valence-corrected chi connectivity index (χ1v) is 3.52. The molecule has 2 heteroatoms. The molecule has 58 valence electrons. The van der Waals surface area contributed by atoms with E-state index in [1.54, 1.807) is 6.92 Å². The average Bonchev–Trinajstić information content (AvgIpc) is 1.96. The Bertz CT molecular complexity index is 24.7. The molecule has 1 fully saturated rings. The number of hydrogen-bond donors (Lipinski definition) is 0. The van der Waals surface area contributed by atoms with E-state index in [2.05, 4.69) is 13.3 Å². The quantitative estimate of drug-likeness (QED) is 0.432. The molecule has 1 aliphatic carbocycles. The minimum absolute atomic E-state index is 0. The van der Waals surface area contributed by atoms with Gasteiger partial charge in [-0.2, -0.15) is 19.8 Å². The molecule has 0 aromatic rings. The second-order valence-electron chi connectivity index (χ2n) is 1.93. The molecule has 0 bridgehead atoms. The van der Waals surface area contributed by atoms with Crippen LogP contribution in [0.1, 0.15) is 39.0 Å². The molecule has 0 radical (unpaired) electrons. The van der Waals surface area contributed by atoms with Crippen LogP contribution < -0.4 is 0 Å². The van der Waals surface area contributed by atoms with Crippen LogP contribution in [0.5, 0.6) is 0 Å². The van der Waals surface area contributed by atoms with Crippen molar-refractivity contribution in [1.82, 2.24) is 0 Å². The molecule has 10 heavy (non-hydrogen) atoms. The molecule has 1 saturated carbocycles. The van der Waals surface area contributed by atoms with Gasteiger partial charge in [0.15, 0.2) is 0 Å². The summed E-state index contributed by atoms with van der Waals surface area (Å²) in [6.45, 7) is 5.00. The summed E-state index contributed by atoms with van der Waals surface area (Å²) in [6, 6.07) is 0. The fraction of sp³-hybridized carbons (Fsp3) is 0.750. The maximum atomic E-state index is 3.25. The van der Waals surface area contributed by atoms with Crippen LogP contribution in [0.15, 0.2) is 0 Å². The molecule has 0 N–H and O–H groups in total. The molecular formula is C8H17BrMg. The van der Waals surface area contributed by atoms with Crippen LogP contribution in [0.4, 0.5) is 0 Å². The van der Waals surface area contributed by atoms with Crippen molar-refractivity contribution in [1.29, 1.82) is 0 Å². The van der Waals surface area contributed by atoms with Crippen molar-refractivity contribution >= 4 is 40.0 Å². The van der Waals surface area contributed by atoms with Gasteiger partial charge in [-0.25, -0.2) is 0 Å². The van der Waals surface area contributed by atoms with E-state index in [1.807, 2.05) is 0 Å². The average molecular weight is 217 g/mol. The zero-order chi connectivity index (χ0) is 6.24. The van der Waals surface area contributed by atoms with Crippen molar-refractivity contribution in [3.8, 4) is 0 Å². The summed E-state index contributed by atoms with van der Waals surface area (Å²) in [4.78, 5) is 0. The van der Waals surface area contributed by atoms with Gasteiger partial charge in [-0.1, -0.05) is 19.3 Å². The smallest absolute Gasteiger partial charge is 0.346 e. The topological polar surface area (TPSA) is 0 Å². The maximum Gasteiger partial charge on any atom is 2.00 e. The summed E-state index contributed by atoms with van der Waals surface area (Å²) < 4.78 is 0. The van der Waals surface area contributed by atoms with Gasteiger partial charge in [0, 0.05) is 0 Å². The second kappa shape index (κ2) is 16.7. The summed E-state index contributed by atoms with van der Waals surface area (Å²) in [6.07, 6.45) is 9.50. The SMILES string of the molecule is Br.[CH-]1CCCCC1.[CH2-]C.[Mg+2]. The molecule has 1 aliphatic rings. The van der Waals surface area contributed by atoms with Crippen molar-refractivity contribution in [3.05, 3.63) is 13.3 Å². The van der Waals surface area contributed by atoms with Gasteiger partial charge in [-0.3, -0.25) is 0 Å². The van der Waals surface area contributed by atoms with E-state index < -0.39 is 0 Å². The molecule has 0 amide bonds. The van der Waals surface area contributed by atoms with Gasteiger partial charge in [0.1, 0.15) is 0 Å². The summed E-state index contributed by atoms with van der Waals surface area (Å²) in [5, 5.41) is 0. The van der Waals surface area contributed by atoms with E-state index in [0.29, 0.717) is 0 Å². The Labute approximate surface area is 92.1 Å². The van der Waals surface area contributed by atoms with Gasteiger partial charge in [0.25, 0.3) is 0 Å². The van der Waals surface area contributed by atoms with E-state index in [1.165, 1.54) is 32.1 Å². The minimum Gasteiger partial charge on any atom is -0.346 e. The van der Waals surface area contributed by atoms with E-state index in [-0.39, 0.29) is 40.0 Å². The molecule has 0 heterocycles. The van der Waals surface area contributed by atoms with Crippen LogP contribution in [0.2, 0.25) is 0 Å². The predicted octanol–water partition coefficient (Wildman–Crippen LogP) is 3.19. The third kappa shape index (κ3) is 12.0. The summed E-state index contributed by atoms with van der Waals surface area (Å²) in [5.74, 6) is 0. The second-order valence-corrected chi connectivity index (χ2v) is 1.93. The third-order valence-electron chi connectivity index (χ3n) is 1.32. The molecule has 0 saturated heterocycles. The molecular weight excluding hydrogens is 200 g/mol. The van der Waals surface area contributed by atoms with E-state index >= 15 is 0 Å². The van der Waals surface area contributed by atoms with Crippen molar-refractivity contribution in [2.75, 3.05) is 0 Å². The van der Waals surface area contributed by atoms with Crippen LogP contribution in [0, 0.1) is 13.3 Å². The van der Waals surface area contributed by atoms with Gasteiger partial charge in [0.05, 0.1) is 0 Å². The molecule has 0 aromatic carbocycles. The zero-order valence-corrected chi connectivity index (χ0v) is 10.1. The van der Waals surface area contributed by atoms with Gasteiger partial charge >= 0.3 is 23.1 Å². The molecule has 0 atom stereocenters. The number of rotatable bonds is 0. The summed E-state index contributed by atoms with van der Waals surface area (Å²) in [7, 11) is 0. The first-order chi connectivity index (χ1) is 4.00. The monoisotopic (exact) mass is 216 g/mol. The van der Waals surface area contributed by atoms with Crippen LogP contribution in [0.25, 0.3) is 0 Å². The fourth-order valence-corrected chi connectivity index (χ4v) is 0.898. The Kier molecular flexibility index (Phi) is 29.0. The van der Waals surface area contributed by atoms with E-state index in [9.17, 15) is 0 Å². The maximum absolute atomic E-state index is 3.25. The van der Waals surface area contributed by atoms with Crippen molar-refractivity contribution in [2.24, 2.45) is 0 Å². The van der Waals surface area contributed by atoms with Crippen LogP contribution in [0.3, 0.4) is 0 Å². The Morgan fingerprint density at radius 1 is 1.00 bits per heavy atom. The van der Waals surface area contributed by atoms with Crippen LogP contribution in [-0.2, 0) is 0 Å².